The van der Waals surface area contributed by atoms with E-state index in [-0.39, 0.29) is 5.75 Å². The third kappa shape index (κ3) is 4.27. The minimum atomic E-state index is 0.113. The molecule has 1 fully saturated rings. The Balaban J connectivity index is 1.81. The zero-order valence-corrected chi connectivity index (χ0v) is 15.8. The predicted molar refractivity (Wildman–Crippen MR) is 102 cm³/mol. The Labute approximate surface area is 155 Å². The summed E-state index contributed by atoms with van der Waals surface area (Å²) in [6.07, 6.45) is 2.27. The van der Waals surface area contributed by atoms with E-state index in [1.807, 2.05) is 13.0 Å². The van der Waals surface area contributed by atoms with Gasteiger partial charge in [0.2, 0.25) is 5.95 Å². The molecule has 0 saturated carbocycles. The van der Waals surface area contributed by atoms with Gasteiger partial charge < -0.3 is 15.3 Å². The molecule has 25 heavy (non-hydrogen) atoms. The van der Waals surface area contributed by atoms with E-state index in [4.69, 9.17) is 0 Å². The number of anilines is 1. The number of phenols is 1. The van der Waals surface area contributed by atoms with Crippen molar-refractivity contribution in [2.45, 2.75) is 25.8 Å². The number of benzene rings is 1. The van der Waals surface area contributed by atoms with Crippen LogP contribution >= 0.6 is 15.9 Å². The van der Waals surface area contributed by atoms with Crippen molar-refractivity contribution in [2.75, 3.05) is 25.5 Å². The number of hydrogen-bond donors (Lipinski definition) is 2. The highest BCUT2D eigenvalue weighted by Gasteiger charge is 2.19. The molecule has 2 heterocycles. The van der Waals surface area contributed by atoms with Crippen molar-refractivity contribution >= 4 is 21.9 Å². The van der Waals surface area contributed by atoms with Crippen molar-refractivity contribution in [2.24, 2.45) is 0 Å². The number of likely N-dealkylation sites (N-methyl/N-ethyl adjacent to an activating group) is 1. The molecule has 1 saturated heterocycles. The zero-order valence-electron chi connectivity index (χ0n) is 14.3. The number of likely N-dealkylation sites (tertiary alicyclic amines) is 1. The maximum absolute atomic E-state index is 10.3. The van der Waals surface area contributed by atoms with E-state index in [0.717, 1.165) is 37.2 Å². The summed E-state index contributed by atoms with van der Waals surface area (Å²) in [6, 6.07) is 5.55. The van der Waals surface area contributed by atoms with Gasteiger partial charge in [-0.05, 0) is 56.4 Å². The molecular weight excluding hydrogens is 382 g/mol. The van der Waals surface area contributed by atoms with E-state index >= 15 is 0 Å². The molecule has 0 radical (unpaired) electrons. The van der Waals surface area contributed by atoms with Gasteiger partial charge in [0.05, 0.1) is 5.69 Å². The third-order valence-corrected chi connectivity index (χ3v) is 4.46. The van der Waals surface area contributed by atoms with Gasteiger partial charge >= 0.3 is 0 Å². The van der Waals surface area contributed by atoms with Crippen molar-refractivity contribution in [3.05, 3.63) is 29.5 Å². The highest BCUT2D eigenvalue weighted by molar-refractivity contribution is 9.12. The van der Waals surface area contributed by atoms with Gasteiger partial charge in [0.1, 0.15) is 11.4 Å². The maximum atomic E-state index is 10.3. The summed E-state index contributed by atoms with van der Waals surface area (Å²) in [6.45, 7) is 3.97. The van der Waals surface area contributed by atoms with Crippen LogP contribution in [-0.4, -0.2) is 51.4 Å². The maximum Gasteiger partial charge on any atom is 0.243 e. The van der Waals surface area contributed by atoms with Gasteiger partial charge in [0, 0.05) is 39.6 Å². The lowest BCUT2D eigenvalue weighted by Crippen LogP contribution is -2.40. The fourth-order valence-corrected chi connectivity index (χ4v) is 3.27. The van der Waals surface area contributed by atoms with Gasteiger partial charge in [-0.2, -0.15) is 0 Å². The van der Waals surface area contributed by atoms with Crippen LogP contribution in [0.5, 0.6) is 5.75 Å². The molecule has 0 amide bonds. The Bertz CT molecular complexity index is 830. The van der Waals surface area contributed by atoms with Gasteiger partial charge in [-0.3, -0.25) is 0 Å². The van der Waals surface area contributed by atoms with Crippen molar-refractivity contribution in [3.8, 4) is 27.8 Å². The number of nitrogens with zero attached hydrogens (tertiary/aromatic N) is 4. The monoisotopic (exact) mass is 401 g/mol. The Morgan fingerprint density at radius 2 is 2.20 bits per heavy atom. The van der Waals surface area contributed by atoms with Crippen LogP contribution < -0.4 is 5.32 Å². The Kier molecular flexibility index (Phi) is 5.51. The molecule has 1 aromatic heterocycles. The SMILES string of the molecule is Cc1nc(N[C@@H]2CCCN(C)C2)nnc1-c1ccc(C#CBr)cc1O. The number of hydrogen-bond acceptors (Lipinski definition) is 6. The van der Waals surface area contributed by atoms with Crippen molar-refractivity contribution in [1.82, 2.24) is 20.1 Å². The summed E-state index contributed by atoms with van der Waals surface area (Å²) in [5.74, 6) is 3.48. The van der Waals surface area contributed by atoms with Gasteiger partial charge in [-0.15, -0.1) is 10.2 Å². The first-order valence-electron chi connectivity index (χ1n) is 8.18. The number of aryl methyl sites for hydroxylation is 1. The molecule has 0 unspecified atom stereocenters. The Morgan fingerprint density at radius 3 is 2.88 bits per heavy atom. The molecule has 1 aliphatic heterocycles. The normalized spacial score (nSPS) is 17.6. The molecule has 0 spiro atoms. The summed E-state index contributed by atoms with van der Waals surface area (Å²) < 4.78 is 0. The average Bonchev–Trinajstić information content (AvgIpc) is 2.56. The summed E-state index contributed by atoms with van der Waals surface area (Å²) in [5, 5.41) is 22.1. The fraction of sp³-hybridized carbons (Fsp3) is 0.389. The van der Waals surface area contributed by atoms with Gasteiger partial charge in [-0.25, -0.2) is 4.98 Å². The van der Waals surface area contributed by atoms with Crippen LogP contribution in [0, 0.1) is 17.7 Å². The lowest BCUT2D eigenvalue weighted by atomic mass is 10.1. The van der Waals surface area contributed by atoms with Crippen LogP contribution in [0.4, 0.5) is 5.95 Å². The van der Waals surface area contributed by atoms with Crippen molar-refractivity contribution < 1.29 is 5.11 Å². The minimum Gasteiger partial charge on any atom is -0.507 e. The topological polar surface area (TPSA) is 74.2 Å². The number of phenolic OH excluding ortho intramolecular Hbond substituents is 1. The lowest BCUT2D eigenvalue weighted by Gasteiger charge is -2.30. The number of aromatic nitrogens is 3. The number of aromatic hydroxyl groups is 1. The fourth-order valence-electron chi connectivity index (χ4n) is 3.04. The van der Waals surface area contributed by atoms with E-state index < -0.39 is 0 Å². The second kappa shape index (κ2) is 7.81. The Hall–Kier alpha value is -2.17. The van der Waals surface area contributed by atoms with E-state index in [1.165, 1.54) is 0 Å². The Morgan fingerprint density at radius 1 is 1.36 bits per heavy atom. The van der Waals surface area contributed by atoms with Crippen molar-refractivity contribution in [3.63, 3.8) is 0 Å². The molecular formula is C18H20BrN5O. The summed E-state index contributed by atoms with van der Waals surface area (Å²) in [7, 11) is 2.12. The number of halogens is 1. The van der Waals surface area contributed by atoms with Gasteiger partial charge in [0.15, 0.2) is 0 Å². The largest absolute Gasteiger partial charge is 0.507 e. The summed E-state index contributed by atoms with van der Waals surface area (Å²) in [5.41, 5.74) is 2.61. The average molecular weight is 402 g/mol. The van der Waals surface area contributed by atoms with Gasteiger partial charge in [-0.1, -0.05) is 5.92 Å². The molecule has 3 rings (SSSR count). The first-order valence-corrected chi connectivity index (χ1v) is 8.97. The first kappa shape index (κ1) is 17.6. The summed E-state index contributed by atoms with van der Waals surface area (Å²) in [4.78, 5) is 9.45. The van der Waals surface area contributed by atoms with E-state index in [1.54, 1.807) is 12.1 Å². The van der Waals surface area contributed by atoms with Crippen LogP contribution in [-0.2, 0) is 0 Å². The zero-order chi connectivity index (χ0) is 17.8. The second-order valence-corrected chi connectivity index (χ2v) is 6.66. The van der Waals surface area contributed by atoms with Gasteiger partial charge in [0.25, 0.3) is 0 Å². The molecule has 2 aromatic rings. The second-order valence-electron chi connectivity index (χ2n) is 6.27. The van der Waals surface area contributed by atoms with E-state index in [2.05, 4.69) is 59.1 Å². The van der Waals surface area contributed by atoms with Crippen LogP contribution in [0.2, 0.25) is 0 Å². The minimum absolute atomic E-state index is 0.113. The molecule has 1 aromatic carbocycles. The highest BCUT2D eigenvalue weighted by atomic mass is 79.9. The van der Waals surface area contributed by atoms with Crippen LogP contribution in [0.15, 0.2) is 18.2 Å². The smallest absolute Gasteiger partial charge is 0.243 e. The van der Waals surface area contributed by atoms with Crippen LogP contribution in [0.3, 0.4) is 0 Å². The molecule has 7 heteroatoms. The molecule has 0 bridgehead atoms. The highest BCUT2D eigenvalue weighted by Crippen LogP contribution is 2.30. The third-order valence-electron chi connectivity index (χ3n) is 4.26. The van der Waals surface area contributed by atoms with Crippen LogP contribution in [0.1, 0.15) is 24.1 Å². The number of piperidine rings is 1. The standard InChI is InChI=1S/C18H20BrN5O/c1-12-17(15-6-5-13(7-8-19)10-16(15)25)22-23-18(20-12)21-14-4-3-9-24(2)11-14/h5-6,10,14,25H,3-4,9,11H2,1-2H3,(H,20,21,23)/t14-/m1/s1. The first-order chi connectivity index (χ1) is 12.1. The molecule has 130 valence electrons. The lowest BCUT2D eigenvalue weighted by molar-refractivity contribution is 0.260. The molecule has 1 aliphatic rings. The van der Waals surface area contributed by atoms with E-state index in [0.29, 0.717) is 23.2 Å². The van der Waals surface area contributed by atoms with E-state index in [9.17, 15) is 5.11 Å². The van der Waals surface area contributed by atoms with Crippen molar-refractivity contribution in [1.29, 1.82) is 0 Å². The summed E-state index contributed by atoms with van der Waals surface area (Å²) >= 11 is 3.05. The number of nitrogens with one attached hydrogen (secondary N) is 1. The molecule has 1 atom stereocenters. The van der Waals surface area contributed by atoms with Crippen LogP contribution in [0.25, 0.3) is 11.3 Å². The quantitative estimate of drug-likeness (QED) is 0.770. The molecule has 6 nitrogen and oxygen atoms in total. The molecule has 2 N–H and O–H groups in total. The predicted octanol–water partition coefficient (Wildman–Crippen LogP) is 2.76. The molecule has 0 aliphatic carbocycles. The number of rotatable bonds is 3.